The van der Waals surface area contributed by atoms with E-state index in [0.717, 1.165) is 0 Å². The molecule has 0 radical (unpaired) electrons. The van der Waals surface area contributed by atoms with E-state index < -0.39 is 0 Å². The van der Waals surface area contributed by atoms with E-state index in [4.69, 9.17) is 10.5 Å². The van der Waals surface area contributed by atoms with Crippen molar-refractivity contribution in [2.75, 3.05) is 13.7 Å². The Balaban J connectivity index is 2.50. The van der Waals surface area contributed by atoms with Gasteiger partial charge in [0.2, 0.25) is 6.39 Å². The molecule has 0 spiro atoms. The Labute approximate surface area is 58.2 Å². The molecule has 0 saturated carbocycles. The molecule has 0 amide bonds. The molecule has 2 N–H and O–H groups in total. The molecule has 1 aromatic rings. The molecule has 0 aliphatic carbocycles. The van der Waals surface area contributed by atoms with Gasteiger partial charge in [0.05, 0.1) is 12.6 Å². The summed E-state index contributed by atoms with van der Waals surface area (Å²) in [4.78, 5) is 3.75. The van der Waals surface area contributed by atoms with Crippen LogP contribution in [0.15, 0.2) is 10.9 Å². The fraction of sp³-hybridized carbons (Fsp3) is 0.600. The molecule has 0 bridgehead atoms. The fourth-order valence-corrected chi connectivity index (χ4v) is 0.596. The third-order valence-corrected chi connectivity index (χ3v) is 1.06. The average molecular weight is 143 g/mol. The number of rotatable bonds is 3. The molecule has 0 aliphatic rings. The number of ether oxygens (including phenoxy) is 1. The molecule has 1 atom stereocenters. The van der Waals surface area contributed by atoms with Gasteiger partial charge < -0.3 is 15.0 Å². The van der Waals surface area contributed by atoms with Crippen LogP contribution in [-0.2, 0) is 4.74 Å². The van der Waals surface area contributed by atoms with Crippen LogP contribution in [0.25, 0.3) is 0 Å². The first-order valence-corrected chi connectivity index (χ1v) is 2.85. The minimum atomic E-state index is -0.288. The van der Waals surface area contributed by atoms with Crippen LogP contribution in [0.3, 0.4) is 0 Å². The highest BCUT2D eigenvalue weighted by molar-refractivity contribution is 4.87. The van der Waals surface area contributed by atoms with Gasteiger partial charge >= 0.3 is 0 Å². The molecule has 56 valence electrons. The lowest BCUT2D eigenvalue weighted by Gasteiger charge is -2.02. The SMILES string of the molecule is COCC(N)c1ncon1. The van der Waals surface area contributed by atoms with E-state index in [-0.39, 0.29) is 6.04 Å². The number of aromatic nitrogens is 2. The molecule has 0 fully saturated rings. The number of methoxy groups -OCH3 is 1. The average Bonchev–Trinajstić information content (AvgIpc) is 2.38. The van der Waals surface area contributed by atoms with Crippen LogP contribution in [0.1, 0.15) is 11.9 Å². The van der Waals surface area contributed by atoms with Gasteiger partial charge in [0.1, 0.15) is 0 Å². The van der Waals surface area contributed by atoms with Gasteiger partial charge in [-0.25, -0.2) is 0 Å². The first-order valence-electron chi connectivity index (χ1n) is 2.85. The third kappa shape index (κ3) is 1.52. The van der Waals surface area contributed by atoms with Crippen molar-refractivity contribution in [2.45, 2.75) is 6.04 Å². The Hall–Kier alpha value is -0.940. The standard InChI is InChI=1S/C5H9N3O2/c1-9-2-4(6)5-7-3-10-8-5/h3-4H,2,6H2,1H3. The van der Waals surface area contributed by atoms with E-state index in [2.05, 4.69) is 14.7 Å². The molecule has 1 rings (SSSR count). The van der Waals surface area contributed by atoms with E-state index in [9.17, 15) is 0 Å². The maximum Gasteiger partial charge on any atom is 0.213 e. The van der Waals surface area contributed by atoms with Gasteiger partial charge in [0.15, 0.2) is 5.82 Å². The zero-order chi connectivity index (χ0) is 7.40. The quantitative estimate of drug-likeness (QED) is 0.629. The van der Waals surface area contributed by atoms with Crippen molar-refractivity contribution < 1.29 is 9.26 Å². The maximum atomic E-state index is 5.54. The number of nitrogens with two attached hydrogens (primary N) is 1. The van der Waals surface area contributed by atoms with Crippen LogP contribution in [0.5, 0.6) is 0 Å². The van der Waals surface area contributed by atoms with Crippen LogP contribution >= 0.6 is 0 Å². The van der Waals surface area contributed by atoms with Crippen LogP contribution < -0.4 is 5.73 Å². The first-order chi connectivity index (χ1) is 4.84. The minimum Gasteiger partial charge on any atom is -0.383 e. The van der Waals surface area contributed by atoms with Gasteiger partial charge in [0, 0.05) is 7.11 Å². The summed E-state index contributed by atoms with van der Waals surface area (Å²) in [6.07, 6.45) is 1.24. The molecule has 0 aromatic carbocycles. The van der Waals surface area contributed by atoms with Gasteiger partial charge in [-0.15, -0.1) is 0 Å². The fourth-order valence-electron chi connectivity index (χ4n) is 0.596. The Morgan fingerprint density at radius 3 is 3.20 bits per heavy atom. The van der Waals surface area contributed by atoms with E-state index >= 15 is 0 Å². The van der Waals surface area contributed by atoms with Gasteiger partial charge in [-0.1, -0.05) is 5.16 Å². The van der Waals surface area contributed by atoms with E-state index in [0.29, 0.717) is 12.4 Å². The van der Waals surface area contributed by atoms with E-state index in [1.807, 2.05) is 0 Å². The van der Waals surface area contributed by atoms with Crippen molar-refractivity contribution in [1.82, 2.24) is 10.1 Å². The molecule has 0 aliphatic heterocycles. The summed E-state index contributed by atoms with van der Waals surface area (Å²) in [5, 5.41) is 3.54. The molecule has 1 unspecified atom stereocenters. The highest BCUT2D eigenvalue weighted by Crippen LogP contribution is 2.01. The van der Waals surface area contributed by atoms with E-state index in [1.165, 1.54) is 6.39 Å². The van der Waals surface area contributed by atoms with Gasteiger partial charge in [0.25, 0.3) is 0 Å². The summed E-state index contributed by atoms with van der Waals surface area (Å²) >= 11 is 0. The summed E-state index contributed by atoms with van der Waals surface area (Å²) in [7, 11) is 1.57. The lowest BCUT2D eigenvalue weighted by Crippen LogP contribution is -2.17. The predicted octanol–water partition coefficient (Wildman–Crippen LogP) is -0.284. The van der Waals surface area contributed by atoms with Crippen molar-refractivity contribution >= 4 is 0 Å². The largest absolute Gasteiger partial charge is 0.383 e. The zero-order valence-electron chi connectivity index (χ0n) is 5.65. The lowest BCUT2D eigenvalue weighted by atomic mass is 10.3. The van der Waals surface area contributed by atoms with Crippen molar-refractivity contribution in [3.8, 4) is 0 Å². The monoisotopic (exact) mass is 143 g/mol. The van der Waals surface area contributed by atoms with Crippen molar-refractivity contribution in [3.63, 3.8) is 0 Å². The number of hydrogen-bond acceptors (Lipinski definition) is 5. The summed E-state index contributed by atoms with van der Waals surface area (Å²) in [6, 6.07) is -0.288. The van der Waals surface area contributed by atoms with Crippen molar-refractivity contribution in [1.29, 1.82) is 0 Å². The summed E-state index contributed by atoms with van der Waals surface area (Å²) < 4.78 is 9.27. The van der Waals surface area contributed by atoms with Gasteiger partial charge in [-0.3, -0.25) is 0 Å². The molecule has 0 saturated heterocycles. The second-order valence-electron chi connectivity index (χ2n) is 1.85. The second kappa shape index (κ2) is 3.28. The van der Waals surface area contributed by atoms with Crippen LogP contribution in [0.2, 0.25) is 0 Å². The van der Waals surface area contributed by atoms with Gasteiger partial charge in [-0.2, -0.15) is 4.98 Å². The highest BCUT2D eigenvalue weighted by Gasteiger charge is 2.08. The number of nitrogens with zero attached hydrogens (tertiary/aromatic N) is 2. The summed E-state index contributed by atoms with van der Waals surface area (Å²) in [6.45, 7) is 0.402. The highest BCUT2D eigenvalue weighted by atomic mass is 16.5. The summed E-state index contributed by atoms with van der Waals surface area (Å²) in [5.74, 6) is 0.474. The Morgan fingerprint density at radius 1 is 1.90 bits per heavy atom. The smallest absolute Gasteiger partial charge is 0.213 e. The van der Waals surface area contributed by atoms with Gasteiger partial charge in [-0.05, 0) is 0 Å². The Morgan fingerprint density at radius 2 is 2.70 bits per heavy atom. The topological polar surface area (TPSA) is 74.2 Å². The molecule has 5 nitrogen and oxygen atoms in total. The third-order valence-electron chi connectivity index (χ3n) is 1.06. The molecule has 10 heavy (non-hydrogen) atoms. The van der Waals surface area contributed by atoms with Crippen LogP contribution in [0, 0.1) is 0 Å². The predicted molar refractivity (Wildman–Crippen MR) is 33.1 cm³/mol. The Bertz CT molecular complexity index is 175. The molecular weight excluding hydrogens is 134 g/mol. The second-order valence-corrected chi connectivity index (χ2v) is 1.85. The van der Waals surface area contributed by atoms with Crippen molar-refractivity contribution in [3.05, 3.63) is 12.2 Å². The zero-order valence-corrected chi connectivity index (χ0v) is 5.65. The van der Waals surface area contributed by atoms with E-state index in [1.54, 1.807) is 7.11 Å². The molecule has 1 aromatic heterocycles. The number of hydrogen-bond donors (Lipinski definition) is 1. The lowest BCUT2D eigenvalue weighted by molar-refractivity contribution is 0.177. The van der Waals surface area contributed by atoms with Crippen molar-refractivity contribution in [2.24, 2.45) is 5.73 Å². The Kier molecular flexibility index (Phi) is 2.35. The first kappa shape index (κ1) is 7.17. The molecule has 1 heterocycles. The minimum absolute atomic E-state index is 0.288. The molecular formula is C5H9N3O2. The maximum absolute atomic E-state index is 5.54. The van der Waals surface area contributed by atoms with Crippen LogP contribution in [-0.4, -0.2) is 23.9 Å². The van der Waals surface area contributed by atoms with Crippen LogP contribution in [0.4, 0.5) is 0 Å². The normalized spacial score (nSPS) is 13.4. The summed E-state index contributed by atoms with van der Waals surface area (Å²) in [5.41, 5.74) is 5.54. The molecule has 5 heteroatoms.